The van der Waals surface area contributed by atoms with Crippen molar-refractivity contribution in [2.75, 3.05) is 6.54 Å². The predicted octanol–water partition coefficient (Wildman–Crippen LogP) is 1.49. The molecule has 0 aromatic heterocycles. The minimum absolute atomic E-state index is 0.386. The molecule has 0 aromatic carbocycles. The number of likely N-dealkylation sites (tertiary alicyclic amines) is 1. The van der Waals surface area contributed by atoms with Crippen molar-refractivity contribution in [1.82, 2.24) is 4.90 Å². The highest BCUT2D eigenvalue weighted by Crippen LogP contribution is 2.43. The molecule has 0 aromatic rings. The molecule has 0 radical (unpaired) electrons. The lowest BCUT2D eigenvalue weighted by atomic mass is 10.1. The molecule has 0 aliphatic carbocycles. The third-order valence-electron chi connectivity index (χ3n) is 6.03. The number of esters is 2. The molecule has 0 spiro atoms. The first-order valence-corrected chi connectivity index (χ1v) is 10.4. The molecular weight excluding hydrogens is 398 g/mol. The molecular formula is C20H29NO9. The number of hydrogen-bond donors (Lipinski definition) is 0. The average Bonchev–Trinajstić information content (AvgIpc) is 3.37. The van der Waals surface area contributed by atoms with E-state index in [1.54, 1.807) is 13.8 Å². The molecule has 1 amide bonds. The van der Waals surface area contributed by atoms with Crippen molar-refractivity contribution in [3.8, 4) is 0 Å². The summed E-state index contributed by atoms with van der Waals surface area (Å²) in [6, 6.07) is -0.815. The largest absolute Gasteiger partial charge is 0.454 e. The number of amides is 1. The van der Waals surface area contributed by atoms with Crippen LogP contribution in [0.3, 0.4) is 0 Å². The maximum absolute atomic E-state index is 12.8. The highest BCUT2D eigenvalue weighted by Gasteiger charge is 2.64. The van der Waals surface area contributed by atoms with Crippen molar-refractivity contribution in [2.45, 2.75) is 102 Å². The predicted molar refractivity (Wildman–Crippen MR) is 99.0 cm³/mol. The van der Waals surface area contributed by atoms with Gasteiger partial charge in [-0.2, -0.15) is 0 Å². The summed E-state index contributed by atoms with van der Waals surface area (Å²) in [7, 11) is 0. The molecule has 4 fully saturated rings. The van der Waals surface area contributed by atoms with E-state index in [2.05, 4.69) is 0 Å². The monoisotopic (exact) mass is 427 g/mol. The molecule has 4 saturated heterocycles. The number of hydrogen-bond acceptors (Lipinski definition) is 9. The highest BCUT2D eigenvalue weighted by molar-refractivity contribution is 5.86. The van der Waals surface area contributed by atoms with Gasteiger partial charge in [-0.25, -0.2) is 14.4 Å². The van der Waals surface area contributed by atoms with Gasteiger partial charge in [0.2, 0.25) is 6.10 Å². The second kappa shape index (κ2) is 7.35. The van der Waals surface area contributed by atoms with Crippen LogP contribution in [0, 0.1) is 0 Å². The fourth-order valence-corrected chi connectivity index (χ4v) is 4.13. The van der Waals surface area contributed by atoms with Crippen LogP contribution in [0.1, 0.15) is 53.9 Å². The Hall–Kier alpha value is -1.91. The zero-order chi connectivity index (χ0) is 21.8. The Morgan fingerprint density at radius 3 is 2.63 bits per heavy atom. The normalized spacial score (nSPS) is 37.0. The maximum Gasteiger partial charge on any atom is 0.411 e. The third kappa shape index (κ3) is 3.76. The lowest BCUT2D eigenvalue weighted by Crippen LogP contribution is -2.47. The van der Waals surface area contributed by atoms with E-state index in [0.717, 1.165) is 0 Å². The molecule has 4 aliphatic rings. The van der Waals surface area contributed by atoms with Gasteiger partial charge in [-0.05, 0) is 47.0 Å². The molecule has 4 aliphatic heterocycles. The summed E-state index contributed by atoms with van der Waals surface area (Å²) in [4.78, 5) is 39.1. The van der Waals surface area contributed by atoms with E-state index in [0.29, 0.717) is 25.8 Å². The Balaban J connectivity index is 1.40. The number of carbonyl (C=O) groups is 3. The van der Waals surface area contributed by atoms with E-state index < -0.39 is 66.2 Å². The van der Waals surface area contributed by atoms with Gasteiger partial charge in [0.05, 0.1) is 0 Å². The van der Waals surface area contributed by atoms with Gasteiger partial charge in [0.25, 0.3) is 0 Å². The van der Waals surface area contributed by atoms with E-state index in [4.69, 9.17) is 28.4 Å². The van der Waals surface area contributed by atoms with E-state index in [1.165, 1.54) is 4.90 Å². The Kier molecular flexibility index (Phi) is 5.22. The quantitative estimate of drug-likeness (QED) is 0.487. The minimum Gasteiger partial charge on any atom is -0.454 e. The fourth-order valence-electron chi connectivity index (χ4n) is 4.13. The van der Waals surface area contributed by atoms with Gasteiger partial charge in [-0.3, -0.25) is 4.90 Å². The highest BCUT2D eigenvalue weighted by atomic mass is 16.9. The zero-order valence-electron chi connectivity index (χ0n) is 17.9. The Morgan fingerprint density at radius 2 is 1.93 bits per heavy atom. The van der Waals surface area contributed by atoms with Crippen LogP contribution in [0.15, 0.2) is 0 Å². The van der Waals surface area contributed by atoms with Crippen molar-refractivity contribution < 1.29 is 42.8 Å². The summed E-state index contributed by atoms with van der Waals surface area (Å²) in [5.41, 5.74) is -0.639. The smallest absolute Gasteiger partial charge is 0.411 e. The average molecular weight is 427 g/mol. The summed E-state index contributed by atoms with van der Waals surface area (Å²) < 4.78 is 33.5. The van der Waals surface area contributed by atoms with Crippen molar-refractivity contribution in [1.29, 1.82) is 0 Å². The van der Waals surface area contributed by atoms with Crippen molar-refractivity contribution in [2.24, 2.45) is 0 Å². The van der Waals surface area contributed by atoms with Crippen LogP contribution in [0.5, 0.6) is 0 Å². The van der Waals surface area contributed by atoms with Crippen LogP contribution in [0.4, 0.5) is 4.79 Å². The Labute approximate surface area is 175 Å². The second-order valence-electron chi connectivity index (χ2n) is 9.16. The number of rotatable bonds is 4. The number of fused-ring (bicyclic) bond motifs is 3. The first kappa shape index (κ1) is 21.3. The second-order valence-corrected chi connectivity index (χ2v) is 9.16. The van der Waals surface area contributed by atoms with E-state index >= 15 is 0 Å². The van der Waals surface area contributed by atoms with Crippen LogP contribution in [0.25, 0.3) is 0 Å². The summed E-state index contributed by atoms with van der Waals surface area (Å²) in [5, 5.41) is 0. The number of ether oxygens (including phenoxy) is 6. The van der Waals surface area contributed by atoms with Crippen molar-refractivity contribution in [3.05, 3.63) is 0 Å². The Bertz CT molecular complexity index is 736. The molecule has 168 valence electrons. The van der Waals surface area contributed by atoms with Crippen molar-refractivity contribution in [3.63, 3.8) is 0 Å². The van der Waals surface area contributed by atoms with Gasteiger partial charge < -0.3 is 28.4 Å². The first-order valence-electron chi connectivity index (χ1n) is 10.4. The first-order chi connectivity index (χ1) is 14.0. The number of nitrogens with zero attached hydrogens (tertiary/aromatic N) is 1. The van der Waals surface area contributed by atoms with Gasteiger partial charge >= 0.3 is 18.0 Å². The molecule has 30 heavy (non-hydrogen) atoms. The standard InChI is InChI=1S/C20H29NO9/c1-6-19(2,3)30-18(24)21-9-7-8-10(21)15(22)26-13-11-12(25-16(13)23)14-17(27-11)29-20(4,5)28-14/h10-14,17H,6-9H2,1-5H3. The van der Waals surface area contributed by atoms with Crippen LogP contribution >= 0.6 is 0 Å². The van der Waals surface area contributed by atoms with Crippen LogP contribution in [-0.4, -0.2) is 77.6 Å². The molecule has 0 bridgehead atoms. The lowest BCUT2D eigenvalue weighted by Gasteiger charge is -2.29. The molecule has 0 N–H and O–H groups in total. The molecule has 6 atom stereocenters. The molecule has 10 nitrogen and oxygen atoms in total. The third-order valence-corrected chi connectivity index (χ3v) is 6.03. The summed E-state index contributed by atoms with van der Waals surface area (Å²) in [5.74, 6) is -2.22. The van der Waals surface area contributed by atoms with Crippen LogP contribution in [-0.2, 0) is 38.0 Å². The molecule has 6 unspecified atom stereocenters. The lowest BCUT2D eigenvalue weighted by molar-refractivity contribution is -0.217. The van der Waals surface area contributed by atoms with E-state index in [-0.39, 0.29) is 0 Å². The topological polar surface area (TPSA) is 110 Å². The fraction of sp³-hybridized carbons (Fsp3) is 0.850. The Morgan fingerprint density at radius 1 is 1.20 bits per heavy atom. The van der Waals surface area contributed by atoms with Crippen molar-refractivity contribution >= 4 is 18.0 Å². The summed E-state index contributed by atoms with van der Waals surface area (Å²) in [6.45, 7) is 9.40. The summed E-state index contributed by atoms with van der Waals surface area (Å²) >= 11 is 0. The van der Waals surface area contributed by atoms with Gasteiger partial charge in [0.15, 0.2) is 24.3 Å². The molecule has 4 heterocycles. The summed E-state index contributed by atoms with van der Waals surface area (Å²) in [6.07, 6.45) is -2.88. The van der Waals surface area contributed by atoms with Crippen LogP contribution in [0.2, 0.25) is 0 Å². The molecule has 0 saturated carbocycles. The van der Waals surface area contributed by atoms with E-state index in [9.17, 15) is 14.4 Å². The van der Waals surface area contributed by atoms with Gasteiger partial charge in [-0.15, -0.1) is 0 Å². The zero-order valence-corrected chi connectivity index (χ0v) is 17.9. The maximum atomic E-state index is 12.8. The van der Waals surface area contributed by atoms with Gasteiger partial charge in [-0.1, -0.05) is 6.92 Å². The molecule has 10 heteroatoms. The molecule has 4 rings (SSSR count). The van der Waals surface area contributed by atoms with Gasteiger partial charge in [0, 0.05) is 6.54 Å². The van der Waals surface area contributed by atoms with E-state index in [1.807, 2.05) is 20.8 Å². The van der Waals surface area contributed by atoms with Crippen LogP contribution < -0.4 is 0 Å². The number of carbonyl (C=O) groups excluding carboxylic acids is 3. The minimum atomic E-state index is -1.23. The van der Waals surface area contributed by atoms with Gasteiger partial charge in [0.1, 0.15) is 17.7 Å². The SMILES string of the molecule is CCC(C)(C)OC(=O)N1CCCC1C(=O)OC1C(=O)OC2C3OC(C)(C)OC3OC12.